The van der Waals surface area contributed by atoms with Crippen LogP contribution in [-0.4, -0.2) is 5.60 Å². The van der Waals surface area contributed by atoms with Crippen LogP contribution in [0.25, 0.3) is 0 Å². The number of rotatable bonds is 4. The van der Waals surface area contributed by atoms with E-state index in [-0.39, 0.29) is 5.60 Å². The third-order valence-corrected chi connectivity index (χ3v) is 5.27. The molecule has 2 rings (SSSR count). The third-order valence-electron chi connectivity index (χ3n) is 3.07. The first-order valence-corrected chi connectivity index (χ1v) is 10.4. The Hall–Kier alpha value is -0.210. The van der Waals surface area contributed by atoms with Crippen LogP contribution >= 0.6 is 0 Å². The molecule has 0 spiro atoms. The molecule has 0 saturated heterocycles. The summed E-state index contributed by atoms with van der Waals surface area (Å²) in [5.41, 5.74) is 2.74. The quantitative estimate of drug-likeness (QED) is 0.691. The van der Waals surface area contributed by atoms with E-state index in [2.05, 4.69) is 48.1 Å². The molecule has 0 N–H and O–H groups in total. The molecule has 0 aromatic heterocycles. The van der Waals surface area contributed by atoms with Gasteiger partial charge in [0.05, 0.1) is 0 Å². The van der Waals surface area contributed by atoms with E-state index in [1.54, 1.807) is 0 Å². The predicted octanol–water partition coefficient (Wildman–Crippen LogP) is 3.58. The summed E-state index contributed by atoms with van der Waals surface area (Å²) in [4.78, 5) is 0. The van der Waals surface area contributed by atoms with Crippen molar-refractivity contribution < 1.29 is 26.2 Å². The Kier molecular flexibility index (Phi) is 3.57. The van der Waals surface area contributed by atoms with E-state index in [1.165, 1.54) is 11.1 Å². The molecule has 0 saturated carbocycles. The van der Waals surface area contributed by atoms with Crippen LogP contribution in [0.3, 0.4) is 0 Å². The molecular formula is C13H16HfO. The predicted molar refractivity (Wildman–Crippen MR) is 59.0 cm³/mol. The van der Waals surface area contributed by atoms with Crippen molar-refractivity contribution in [2.45, 2.75) is 30.0 Å². The van der Waals surface area contributed by atoms with E-state index >= 15 is 0 Å². The molecule has 0 amide bonds. The average molecular weight is 367 g/mol. The molecule has 78 valence electrons. The first-order valence-electron chi connectivity index (χ1n) is 5.34. The molecule has 2 aliphatic rings. The monoisotopic (exact) mass is 368 g/mol. The van der Waals surface area contributed by atoms with Crippen LogP contribution in [0.4, 0.5) is 0 Å². The number of hydrogen-bond acceptors (Lipinski definition) is 1. The van der Waals surface area contributed by atoms with Crippen molar-refractivity contribution >= 4 is 0 Å². The van der Waals surface area contributed by atoms with Gasteiger partial charge >= 0.3 is 104 Å². The maximum atomic E-state index is 6.18. The Morgan fingerprint density at radius 2 is 1.67 bits per heavy atom. The molecule has 15 heavy (non-hydrogen) atoms. The zero-order valence-electron chi connectivity index (χ0n) is 9.29. The molecule has 0 atom stereocenters. The minimum atomic E-state index is -0.855. The Balaban J connectivity index is 2.23. The van der Waals surface area contributed by atoms with Gasteiger partial charge in [-0.15, -0.1) is 0 Å². The van der Waals surface area contributed by atoms with Gasteiger partial charge in [-0.05, 0) is 0 Å². The van der Waals surface area contributed by atoms with Crippen molar-refractivity contribution in [1.82, 2.24) is 0 Å². The van der Waals surface area contributed by atoms with Gasteiger partial charge in [-0.25, -0.2) is 0 Å². The number of hydrogen-bond donors (Lipinski definition) is 0. The standard InChI is InChI=1S/C12H13O.CH3.Hf/c1-12(13,10-6-2-3-7-10)11-8-4-5-9-11;;/h2-6,8H,7,9H2,1H3;1H3;/q-1;;+1. The molecule has 2 heteroatoms. The van der Waals surface area contributed by atoms with E-state index in [1.807, 2.05) is 0 Å². The van der Waals surface area contributed by atoms with Crippen molar-refractivity contribution in [3.8, 4) is 0 Å². The summed E-state index contributed by atoms with van der Waals surface area (Å²) in [7, 11) is 0. The van der Waals surface area contributed by atoms with Crippen molar-refractivity contribution in [1.29, 1.82) is 0 Å². The average Bonchev–Trinajstić information content (AvgIpc) is 2.92. The van der Waals surface area contributed by atoms with Gasteiger partial charge in [0.25, 0.3) is 0 Å². The van der Waals surface area contributed by atoms with Crippen LogP contribution in [0.15, 0.2) is 47.6 Å². The van der Waals surface area contributed by atoms with Crippen molar-refractivity contribution in [3.05, 3.63) is 47.6 Å². The molecule has 0 fully saturated rings. The molecule has 0 aliphatic heterocycles. The second-order valence-electron chi connectivity index (χ2n) is 3.99. The third kappa shape index (κ3) is 2.16. The molecule has 2 aliphatic carbocycles. The normalized spacial score (nSPS) is 19.3. The van der Waals surface area contributed by atoms with Gasteiger partial charge in [0.15, 0.2) is 0 Å². The van der Waals surface area contributed by atoms with Crippen molar-refractivity contribution in [2.75, 3.05) is 0 Å². The van der Waals surface area contributed by atoms with Crippen LogP contribution in [0, 0.1) is 0 Å². The Morgan fingerprint density at radius 3 is 2.00 bits per heavy atom. The van der Waals surface area contributed by atoms with E-state index in [0.29, 0.717) is 0 Å². The van der Waals surface area contributed by atoms with Gasteiger partial charge in [-0.1, -0.05) is 0 Å². The zero-order chi connectivity index (χ0) is 10.7. The Morgan fingerprint density at radius 1 is 1.13 bits per heavy atom. The summed E-state index contributed by atoms with van der Waals surface area (Å²) in [6.07, 6.45) is 15.3. The van der Waals surface area contributed by atoms with Crippen LogP contribution in [0.1, 0.15) is 19.8 Å². The first kappa shape index (κ1) is 11.3. The van der Waals surface area contributed by atoms with Crippen LogP contribution in [0.2, 0.25) is 4.68 Å². The second-order valence-corrected chi connectivity index (χ2v) is 6.19. The first-order chi connectivity index (χ1) is 7.27. The Bertz CT molecular complexity index is 331. The summed E-state index contributed by atoms with van der Waals surface area (Å²) < 4.78 is 8.43. The van der Waals surface area contributed by atoms with Crippen LogP contribution in [0.5, 0.6) is 0 Å². The topological polar surface area (TPSA) is 9.23 Å². The summed E-state index contributed by atoms with van der Waals surface area (Å²) in [5.74, 6) is 0. The van der Waals surface area contributed by atoms with Gasteiger partial charge in [0, 0.05) is 0 Å². The summed E-state index contributed by atoms with van der Waals surface area (Å²) in [6.45, 7) is 2.24. The summed E-state index contributed by atoms with van der Waals surface area (Å²) in [5, 5.41) is 0. The fourth-order valence-electron chi connectivity index (χ4n) is 2.14. The molecule has 0 heterocycles. The minimum absolute atomic E-state index is 0.106. The zero-order valence-corrected chi connectivity index (χ0v) is 12.9. The van der Waals surface area contributed by atoms with Crippen LogP contribution < -0.4 is 0 Å². The Labute approximate surface area is 104 Å². The molecule has 0 aromatic carbocycles. The van der Waals surface area contributed by atoms with Crippen molar-refractivity contribution in [2.24, 2.45) is 0 Å². The summed E-state index contributed by atoms with van der Waals surface area (Å²) in [6, 6.07) is 0. The van der Waals surface area contributed by atoms with Gasteiger partial charge < -0.3 is 0 Å². The van der Waals surface area contributed by atoms with E-state index in [9.17, 15) is 0 Å². The second kappa shape index (κ2) is 4.75. The molecule has 0 bridgehead atoms. The van der Waals surface area contributed by atoms with E-state index < -0.39 is 23.3 Å². The summed E-state index contributed by atoms with van der Waals surface area (Å²) >= 11 is -0.855. The van der Waals surface area contributed by atoms with Gasteiger partial charge in [0.2, 0.25) is 0 Å². The molecule has 0 aromatic rings. The molecular weight excluding hydrogens is 351 g/mol. The molecule has 1 nitrogen and oxygen atoms in total. The van der Waals surface area contributed by atoms with Gasteiger partial charge in [0.1, 0.15) is 0 Å². The van der Waals surface area contributed by atoms with E-state index in [4.69, 9.17) is 2.85 Å². The molecule has 0 radical (unpaired) electrons. The fraction of sp³-hybridized carbons (Fsp3) is 0.385. The SMILES string of the molecule is [CH3][Hf][O]C(C)(C1=CC=CC1)C1=CC=CC1. The van der Waals surface area contributed by atoms with Crippen LogP contribution in [-0.2, 0) is 26.2 Å². The van der Waals surface area contributed by atoms with Crippen molar-refractivity contribution in [3.63, 3.8) is 0 Å². The van der Waals surface area contributed by atoms with Gasteiger partial charge in [-0.2, -0.15) is 0 Å². The van der Waals surface area contributed by atoms with E-state index in [0.717, 1.165) is 12.8 Å². The molecule has 0 unspecified atom stereocenters. The maximum absolute atomic E-state index is 6.18. The fourth-order valence-corrected chi connectivity index (χ4v) is 4.55. The van der Waals surface area contributed by atoms with Gasteiger partial charge in [-0.3, -0.25) is 0 Å². The number of allylic oxidation sites excluding steroid dienone is 6.